The van der Waals surface area contributed by atoms with Gasteiger partial charge in [0.1, 0.15) is 5.75 Å². The lowest BCUT2D eigenvalue weighted by Crippen LogP contribution is -2.12. The fourth-order valence-corrected chi connectivity index (χ4v) is 2.20. The Hall–Kier alpha value is -2.53. The zero-order valence-corrected chi connectivity index (χ0v) is 14.1. The van der Waals surface area contributed by atoms with Gasteiger partial charge in [0, 0.05) is 11.3 Å². The predicted molar refractivity (Wildman–Crippen MR) is 93.1 cm³/mol. The fourth-order valence-electron chi connectivity index (χ4n) is 1.93. The van der Waals surface area contributed by atoms with E-state index in [4.69, 9.17) is 21.4 Å². The van der Waals surface area contributed by atoms with Crippen molar-refractivity contribution >= 4 is 29.2 Å². The molecule has 0 saturated carbocycles. The molecule has 0 spiro atoms. The Kier molecular flexibility index (Phi) is 5.82. The van der Waals surface area contributed by atoms with Gasteiger partial charge in [-0.05, 0) is 48.4 Å². The van der Waals surface area contributed by atoms with E-state index < -0.39 is 5.97 Å². The molecule has 0 atom stereocenters. The van der Waals surface area contributed by atoms with Gasteiger partial charge in [0.05, 0.1) is 17.2 Å². The molecule has 5 nitrogen and oxygen atoms in total. The highest BCUT2D eigenvalue weighted by Gasteiger charge is 2.11. The first-order valence-corrected chi connectivity index (χ1v) is 7.81. The van der Waals surface area contributed by atoms with Crippen LogP contribution in [0.2, 0.25) is 5.02 Å². The van der Waals surface area contributed by atoms with Crippen LogP contribution >= 0.6 is 11.6 Å². The van der Waals surface area contributed by atoms with Crippen LogP contribution in [0.1, 0.15) is 34.6 Å². The van der Waals surface area contributed by atoms with E-state index in [-0.39, 0.29) is 16.5 Å². The topological polar surface area (TPSA) is 75.6 Å². The Labute approximate surface area is 145 Å². The molecule has 1 amide bonds. The molecule has 2 rings (SSSR count). The molecule has 0 aliphatic carbocycles. The molecule has 24 heavy (non-hydrogen) atoms. The maximum Gasteiger partial charge on any atom is 0.337 e. The third-order valence-corrected chi connectivity index (χ3v) is 3.47. The highest BCUT2D eigenvalue weighted by molar-refractivity contribution is 6.33. The normalized spacial score (nSPS) is 10.5. The Morgan fingerprint density at radius 2 is 1.83 bits per heavy atom. The van der Waals surface area contributed by atoms with E-state index in [1.807, 2.05) is 0 Å². The summed E-state index contributed by atoms with van der Waals surface area (Å²) < 4.78 is 5.57. The number of hydrogen-bond donors (Lipinski definition) is 2. The number of rotatable bonds is 6. The first-order valence-electron chi connectivity index (χ1n) is 7.44. The number of carbonyl (C=O) groups is 2. The predicted octanol–water partition coefficient (Wildman–Crippen LogP) is 4.33. The number of amides is 1. The van der Waals surface area contributed by atoms with Gasteiger partial charge >= 0.3 is 5.97 Å². The van der Waals surface area contributed by atoms with Gasteiger partial charge in [-0.3, -0.25) is 4.79 Å². The third-order valence-electron chi connectivity index (χ3n) is 3.16. The van der Waals surface area contributed by atoms with Crippen LogP contribution in [0.5, 0.6) is 5.75 Å². The van der Waals surface area contributed by atoms with Crippen molar-refractivity contribution < 1.29 is 19.4 Å². The molecule has 2 aromatic carbocycles. The van der Waals surface area contributed by atoms with Crippen LogP contribution in [0.4, 0.5) is 5.69 Å². The maximum atomic E-state index is 12.2. The summed E-state index contributed by atoms with van der Waals surface area (Å²) in [5.41, 5.74) is 0.877. The van der Waals surface area contributed by atoms with E-state index in [9.17, 15) is 9.59 Å². The molecule has 2 aromatic rings. The van der Waals surface area contributed by atoms with E-state index in [1.54, 1.807) is 24.3 Å². The van der Waals surface area contributed by atoms with Crippen molar-refractivity contribution in [2.45, 2.75) is 13.8 Å². The maximum absolute atomic E-state index is 12.2. The second-order valence-electron chi connectivity index (χ2n) is 5.68. The van der Waals surface area contributed by atoms with E-state index in [2.05, 4.69) is 19.2 Å². The van der Waals surface area contributed by atoms with Gasteiger partial charge in [0.2, 0.25) is 0 Å². The van der Waals surface area contributed by atoms with Crippen molar-refractivity contribution in [1.82, 2.24) is 0 Å². The number of benzene rings is 2. The minimum atomic E-state index is -1.12. The van der Waals surface area contributed by atoms with Crippen LogP contribution < -0.4 is 10.1 Å². The average Bonchev–Trinajstić information content (AvgIpc) is 2.53. The number of anilines is 1. The SMILES string of the molecule is CC(C)COc1ccc(C(=O)Nc2ccc(C(=O)O)c(Cl)c2)cc1. The summed E-state index contributed by atoms with van der Waals surface area (Å²) in [4.78, 5) is 23.1. The minimum absolute atomic E-state index is 0.0127. The number of carboxylic acids is 1. The Bertz CT molecular complexity index is 741. The minimum Gasteiger partial charge on any atom is -0.493 e. The van der Waals surface area contributed by atoms with Crippen molar-refractivity contribution in [2.75, 3.05) is 11.9 Å². The van der Waals surface area contributed by atoms with Gasteiger partial charge in [-0.25, -0.2) is 4.79 Å². The standard InChI is InChI=1S/C18H18ClNO4/c1-11(2)10-24-14-6-3-12(4-7-14)17(21)20-13-5-8-15(18(22)23)16(19)9-13/h3-9,11H,10H2,1-2H3,(H,20,21)(H,22,23). The third kappa shape index (κ3) is 4.73. The number of carbonyl (C=O) groups excluding carboxylic acids is 1. The molecular weight excluding hydrogens is 330 g/mol. The molecule has 0 bridgehead atoms. The monoisotopic (exact) mass is 347 g/mol. The Morgan fingerprint density at radius 1 is 1.17 bits per heavy atom. The van der Waals surface area contributed by atoms with Crippen molar-refractivity contribution in [3.63, 3.8) is 0 Å². The first kappa shape index (κ1) is 17.8. The summed E-state index contributed by atoms with van der Waals surface area (Å²) >= 11 is 5.89. The Morgan fingerprint density at radius 3 is 2.38 bits per heavy atom. The highest BCUT2D eigenvalue weighted by Crippen LogP contribution is 2.22. The number of carboxylic acid groups (broad SMARTS) is 1. The van der Waals surface area contributed by atoms with Crippen molar-refractivity contribution in [2.24, 2.45) is 5.92 Å². The largest absolute Gasteiger partial charge is 0.493 e. The quantitative estimate of drug-likeness (QED) is 0.815. The molecule has 0 heterocycles. The van der Waals surface area contributed by atoms with Gasteiger partial charge in [-0.2, -0.15) is 0 Å². The molecule has 0 fully saturated rings. The molecule has 0 aromatic heterocycles. The van der Waals surface area contributed by atoms with Gasteiger partial charge < -0.3 is 15.2 Å². The molecule has 0 radical (unpaired) electrons. The van der Waals surface area contributed by atoms with E-state index in [0.29, 0.717) is 29.5 Å². The van der Waals surface area contributed by atoms with Gasteiger partial charge in [-0.15, -0.1) is 0 Å². The van der Waals surface area contributed by atoms with E-state index >= 15 is 0 Å². The summed E-state index contributed by atoms with van der Waals surface area (Å²) in [5, 5.41) is 11.7. The number of halogens is 1. The second kappa shape index (κ2) is 7.84. The molecular formula is C18H18ClNO4. The summed E-state index contributed by atoms with van der Waals surface area (Å²) in [6.07, 6.45) is 0. The smallest absolute Gasteiger partial charge is 0.337 e. The number of ether oxygens (including phenoxy) is 1. The summed E-state index contributed by atoms with van der Waals surface area (Å²) in [6, 6.07) is 11.0. The number of aromatic carboxylic acids is 1. The van der Waals surface area contributed by atoms with Crippen LogP contribution in [0.15, 0.2) is 42.5 Å². The fraction of sp³-hybridized carbons (Fsp3) is 0.222. The van der Waals surface area contributed by atoms with Crippen molar-refractivity contribution in [3.05, 3.63) is 58.6 Å². The zero-order chi connectivity index (χ0) is 17.7. The van der Waals surface area contributed by atoms with Crippen LogP contribution in [0.3, 0.4) is 0 Å². The molecule has 126 valence electrons. The number of nitrogens with one attached hydrogen (secondary N) is 1. The molecule has 0 saturated heterocycles. The van der Waals surface area contributed by atoms with E-state index in [1.165, 1.54) is 18.2 Å². The number of hydrogen-bond acceptors (Lipinski definition) is 3. The molecule has 0 aliphatic rings. The Balaban J connectivity index is 2.04. The first-order chi connectivity index (χ1) is 11.4. The molecule has 0 unspecified atom stereocenters. The van der Waals surface area contributed by atoms with Gasteiger partial charge in [-0.1, -0.05) is 25.4 Å². The van der Waals surface area contributed by atoms with Crippen LogP contribution in [-0.2, 0) is 0 Å². The lowest BCUT2D eigenvalue weighted by molar-refractivity contribution is 0.0697. The van der Waals surface area contributed by atoms with E-state index in [0.717, 1.165) is 0 Å². The van der Waals surface area contributed by atoms with Gasteiger partial charge in [0.25, 0.3) is 5.91 Å². The molecule has 0 aliphatic heterocycles. The second-order valence-corrected chi connectivity index (χ2v) is 6.09. The summed E-state index contributed by atoms with van der Waals surface area (Å²) in [6.45, 7) is 4.73. The molecule has 2 N–H and O–H groups in total. The lowest BCUT2D eigenvalue weighted by Gasteiger charge is -2.10. The van der Waals surface area contributed by atoms with Crippen molar-refractivity contribution in [1.29, 1.82) is 0 Å². The lowest BCUT2D eigenvalue weighted by atomic mass is 10.1. The van der Waals surface area contributed by atoms with Crippen LogP contribution in [0, 0.1) is 5.92 Å². The van der Waals surface area contributed by atoms with Crippen LogP contribution in [-0.4, -0.2) is 23.6 Å². The average molecular weight is 348 g/mol. The summed E-state index contributed by atoms with van der Waals surface area (Å²) in [7, 11) is 0. The zero-order valence-electron chi connectivity index (χ0n) is 13.4. The molecule has 6 heteroatoms. The van der Waals surface area contributed by atoms with Crippen LogP contribution in [0.25, 0.3) is 0 Å². The van der Waals surface area contributed by atoms with Gasteiger partial charge in [0.15, 0.2) is 0 Å². The highest BCUT2D eigenvalue weighted by atomic mass is 35.5. The summed E-state index contributed by atoms with van der Waals surface area (Å²) in [5.74, 6) is -0.306. The van der Waals surface area contributed by atoms with Crippen molar-refractivity contribution in [3.8, 4) is 5.75 Å².